The number of allylic oxidation sites excluding steroid dienone is 4. The summed E-state index contributed by atoms with van der Waals surface area (Å²) in [5, 5.41) is 0. The Kier molecular flexibility index (Phi) is 7.58. The summed E-state index contributed by atoms with van der Waals surface area (Å²) in [6.07, 6.45) is 13.3. The SMILES string of the molecule is C1=CCCCC1.C=CC=C. The van der Waals surface area contributed by atoms with Crippen LogP contribution in [0.3, 0.4) is 0 Å². The van der Waals surface area contributed by atoms with Crippen molar-refractivity contribution in [3.8, 4) is 0 Å². The lowest BCUT2D eigenvalue weighted by molar-refractivity contribution is 0.730. The first-order valence-corrected chi connectivity index (χ1v) is 3.80. The van der Waals surface area contributed by atoms with Crippen LogP contribution in [0, 0.1) is 0 Å². The van der Waals surface area contributed by atoms with Gasteiger partial charge in [-0.1, -0.05) is 37.5 Å². The smallest absolute Gasteiger partial charge is 0.0351 e. The summed E-state index contributed by atoms with van der Waals surface area (Å²) in [5.74, 6) is 0. The minimum atomic E-state index is 1.32. The monoisotopic (exact) mass is 136 g/mol. The van der Waals surface area contributed by atoms with E-state index in [1.807, 2.05) is 0 Å². The van der Waals surface area contributed by atoms with Crippen LogP contribution in [0.15, 0.2) is 37.5 Å². The molecule has 1 aliphatic rings. The Balaban J connectivity index is 0.000000180. The maximum Gasteiger partial charge on any atom is -0.0351 e. The third-order valence-electron chi connectivity index (χ3n) is 1.32. The Morgan fingerprint density at radius 3 is 1.40 bits per heavy atom. The van der Waals surface area contributed by atoms with Crippen molar-refractivity contribution in [3.63, 3.8) is 0 Å². The molecule has 0 N–H and O–H groups in total. The van der Waals surface area contributed by atoms with Crippen molar-refractivity contribution in [1.82, 2.24) is 0 Å². The highest BCUT2D eigenvalue weighted by molar-refractivity contribution is 4.88. The first-order chi connectivity index (χ1) is 4.91. The highest BCUT2D eigenvalue weighted by atomic mass is 13.9. The molecule has 0 spiro atoms. The lowest BCUT2D eigenvalue weighted by Crippen LogP contribution is -1.77. The summed E-state index contributed by atoms with van der Waals surface area (Å²) in [7, 11) is 0. The molecule has 1 rings (SSSR count). The predicted octanol–water partition coefficient (Wildman–Crippen LogP) is 3.48. The Morgan fingerprint density at radius 1 is 0.900 bits per heavy atom. The molecule has 0 nitrogen and oxygen atoms in total. The predicted molar refractivity (Wildman–Crippen MR) is 48.0 cm³/mol. The average Bonchev–Trinajstić information content (AvgIpc) is 2.08. The van der Waals surface area contributed by atoms with Gasteiger partial charge in [-0.25, -0.2) is 0 Å². The van der Waals surface area contributed by atoms with Crippen LogP contribution in [0.1, 0.15) is 25.7 Å². The largest absolute Gasteiger partial charge is 0.0991 e. The van der Waals surface area contributed by atoms with Gasteiger partial charge in [0.1, 0.15) is 0 Å². The van der Waals surface area contributed by atoms with Crippen LogP contribution >= 0.6 is 0 Å². The molecule has 56 valence electrons. The van der Waals surface area contributed by atoms with Crippen LogP contribution in [0.25, 0.3) is 0 Å². The van der Waals surface area contributed by atoms with E-state index in [-0.39, 0.29) is 0 Å². The zero-order chi connectivity index (χ0) is 7.66. The third-order valence-corrected chi connectivity index (χ3v) is 1.32. The van der Waals surface area contributed by atoms with Gasteiger partial charge in [-0.05, 0) is 25.7 Å². The van der Waals surface area contributed by atoms with E-state index in [2.05, 4.69) is 25.3 Å². The van der Waals surface area contributed by atoms with Crippen molar-refractivity contribution in [3.05, 3.63) is 37.5 Å². The molecule has 1 aliphatic carbocycles. The fraction of sp³-hybridized carbons (Fsp3) is 0.400. The molecule has 0 heterocycles. The molecule has 0 radical (unpaired) electrons. The van der Waals surface area contributed by atoms with Crippen molar-refractivity contribution < 1.29 is 0 Å². The van der Waals surface area contributed by atoms with Crippen LogP contribution in [-0.2, 0) is 0 Å². The van der Waals surface area contributed by atoms with Crippen LogP contribution in [0.2, 0.25) is 0 Å². The Bertz CT molecular complexity index is 95.2. The topological polar surface area (TPSA) is 0 Å². The van der Waals surface area contributed by atoms with Gasteiger partial charge in [-0.2, -0.15) is 0 Å². The van der Waals surface area contributed by atoms with Crippen molar-refractivity contribution in [2.75, 3.05) is 0 Å². The molecule has 0 atom stereocenters. The molecule has 0 saturated carbocycles. The summed E-state index contributed by atoms with van der Waals surface area (Å²) in [6.45, 7) is 6.72. The quantitative estimate of drug-likeness (QED) is 0.382. The standard InChI is InChI=1S/C6H10.C4H6/c1-2-4-6-5-3-1;1-3-4-2/h1-2H,3-6H2;3-4H,1-2H2. The minimum absolute atomic E-state index is 1.32. The summed E-state index contributed by atoms with van der Waals surface area (Å²) in [6, 6.07) is 0. The van der Waals surface area contributed by atoms with E-state index in [9.17, 15) is 0 Å². The second-order valence-corrected chi connectivity index (χ2v) is 2.23. The van der Waals surface area contributed by atoms with Crippen molar-refractivity contribution in [2.24, 2.45) is 0 Å². The fourth-order valence-corrected chi connectivity index (χ4v) is 0.760. The van der Waals surface area contributed by atoms with Crippen molar-refractivity contribution >= 4 is 0 Å². The van der Waals surface area contributed by atoms with Crippen molar-refractivity contribution in [1.29, 1.82) is 0 Å². The van der Waals surface area contributed by atoms with E-state index >= 15 is 0 Å². The lowest BCUT2D eigenvalue weighted by atomic mass is 10.1. The van der Waals surface area contributed by atoms with E-state index in [0.717, 1.165) is 0 Å². The van der Waals surface area contributed by atoms with E-state index in [0.29, 0.717) is 0 Å². The number of hydrogen-bond acceptors (Lipinski definition) is 0. The molecule has 0 bridgehead atoms. The Morgan fingerprint density at radius 2 is 1.30 bits per heavy atom. The first kappa shape index (κ1) is 9.22. The van der Waals surface area contributed by atoms with Gasteiger partial charge in [0, 0.05) is 0 Å². The Hall–Kier alpha value is -0.780. The summed E-state index contributed by atoms with van der Waals surface area (Å²) in [5.41, 5.74) is 0. The first-order valence-electron chi connectivity index (χ1n) is 3.80. The van der Waals surface area contributed by atoms with Gasteiger partial charge in [0.2, 0.25) is 0 Å². The molecule has 10 heavy (non-hydrogen) atoms. The Labute approximate surface area is 64.0 Å². The van der Waals surface area contributed by atoms with Gasteiger partial charge in [-0.15, -0.1) is 0 Å². The van der Waals surface area contributed by atoms with E-state index in [1.54, 1.807) is 12.2 Å². The van der Waals surface area contributed by atoms with Gasteiger partial charge >= 0.3 is 0 Å². The number of hydrogen-bond donors (Lipinski definition) is 0. The minimum Gasteiger partial charge on any atom is -0.0991 e. The second-order valence-electron chi connectivity index (χ2n) is 2.23. The molecular formula is C10H16. The zero-order valence-electron chi connectivity index (χ0n) is 6.55. The van der Waals surface area contributed by atoms with Gasteiger partial charge in [0.15, 0.2) is 0 Å². The maximum absolute atomic E-state index is 3.36. The van der Waals surface area contributed by atoms with Gasteiger partial charge in [0.25, 0.3) is 0 Å². The van der Waals surface area contributed by atoms with Crippen LogP contribution in [0.5, 0.6) is 0 Å². The molecule has 0 heteroatoms. The highest BCUT2D eigenvalue weighted by Crippen LogP contribution is 2.07. The van der Waals surface area contributed by atoms with E-state index in [4.69, 9.17) is 0 Å². The molecule has 0 unspecified atom stereocenters. The van der Waals surface area contributed by atoms with E-state index in [1.165, 1.54) is 25.7 Å². The van der Waals surface area contributed by atoms with Gasteiger partial charge < -0.3 is 0 Å². The fourth-order valence-electron chi connectivity index (χ4n) is 0.760. The molecule has 0 aromatic heterocycles. The van der Waals surface area contributed by atoms with Crippen LogP contribution < -0.4 is 0 Å². The van der Waals surface area contributed by atoms with Crippen LogP contribution in [0.4, 0.5) is 0 Å². The van der Waals surface area contributed by atoms with Gasteiger partial charge in [0.05, 0.1) is 0 Å². The molecule has 0 amide bonds. The maximum atomic E-state index is 3.36. The second kappa shape index (κ2) is 8.22. The molecule has 0 aromatic rings. The van der Waals surface area contributed by atoms with Gasteiger partial charge in [-0.3, -0.25) is 0 Å². The molecule has 0 saturated heterocycles. The van der Waals surface area contributed by atoms with Crippen molar-refractivity contribution in [2.45, 2.75) is 25.7 Å². The average molecular weight is 136 g/mol. The molecule has 0 aliphatic heterocycles. The number of rotatable bonds is 1. The normalized spacial score (nSPS) is 14.8. The molecular weight excluding hydrogens is 120 g/mol. The molecule has 0 fully saturated rings. The summed E-state index contributed by atoms with van der Waals surface area (Å²) >= 11 is 0. The zero-order valence-corrected chi connectivity index (χ0v) is 6.55. The lowest BCUT2D eigenvalue weighted by Gasteiger charge is -1.97. The third kappa shape index (κ3) is 7.22. The molecule has 0 aromatic carbocycles. The van der Waals surface area contributed by atoms with Crippen LogP contribution in [-0.4, -0.2) is 0 Å². The summed E-state index contributed by atoms with van der Waals surface area (Å²) in [4.78, 5) is 0. The highest BCUT2D eigenvalue weighted by Gasteiger charge is 1.87. The summed E-state index contributed by atoms with van der Waals surface area (Å²) < 4.78 is 0. The van der Waals surface area contributed by atoms with E-state index < -0.39 is 0 Å².